The minimum absolute atomic E-state index is 0. The molecule has 65 heavy (non-hydrogen) atoms. The van der Waals surface area contributed by atoms with Crippen molar-refractivity contribution in [2.75, 3.05) is 0 Å². The Morgan fingerprint density at radius 1 is 0.277 bits per heavy atom. The Morgan fingerprint density at radius 3 is 0.446 bits per heavy atom. The summed E-state index contributed by atoms with van der Waals surface area (Å²) in [4.78, 5) is 0. The van der Waals surface area contributed by atoms with Crippen LogP contribution >= 0.6 is 0 Å². The summed E-state index contributed by atoms with van der Waals surface area (Å²) in [7, 11) is -21.3. The smallest absolute Gasteiger partial charge is 0.747 e. The predicted octanol–water partition coefficient (Wildman–Crippen LogP) is -9.72. The van der Waals surface area contributed by atoms with Gasteiger partial charge in [0.1, 0.15) is 50.6 Å². The van der Waals surface area contributed by atoms with Crippen LogP contribution in [0.25, 0.3) is 0 Å². The zero-order valence-electron chi connectivity index (χ0n) is 40.1. The first kappa shape index (κ1) is 75.9. The molecule has 0 aromatic carbocycles. The fourth-order valence-corrected chi connectivity index (χ4v) is 9.55. The average Bonchev–Trinajstić information content (AvgIpc) is 3.10. The van der Waals surface area contributed by atoms with Crippen LogP contribution < -0.4 is 148 Å². The van der Waals surface area contributed by atoms with Crippen LogP contribution in [-0.4, -0.2) is 88.6 Å². The number of hydrogen-bond acceptors (Lipinski definition) is 15. The van der Waals surface area contributed by atoms with Crippen LogP contribution in [0.4, 0.5) is 0 Å². The molecule has 0 saturated carbocycles. The summed E-state index contributed by atoms with van der Waals surface area (Å²) in [5.41, 5.74) is 0. The number of hydrogen-bond donors (Lipinski definition) is 0. The van der Waals surface area contributed by atoms with E-state index in [4.69, 9.17) is 0 Å². The van der Waals surface area contributed by atoms with E-state index in [-0.39, 0.29) is 177 Å². The molecule has 0 heterocycles. The van der Waals surface area contributed by atoms with Crippen molar-refractivity contribution in [3.8, 4) is 0 Å². The van der Waals surface area contributed by atoms with Crippen LogP contribution in [0.3, 0.4) is 0 Å². The molecule has 0 aromatic heterocycles. The molecule has 5 rings (SSSR count). The second-order valence-corrected chi connectivity index (χ2v) is 24.8. The van der Waals surface area contributed by atoms with Crippen molar-refractivity contribution in [1.29, 1.82) is 0 Å². The first-order chi connectivity index (χ1) is 26.9. The van der Waals surface area contributed by atoms with Crippen molar-refractivity contribution < 1.29 is 213 Å². The van der Waals surface area contributed by atoms with Crippen LogP contribution in [0.15, 0.2) is 122 Å². The van der Waals surface area contributed by atoms with Crippen LogP contribution in [0.2, 0.25) is 0 Å². The summed E-state index contributed by atoms with van der Waals surface area (Å²) >= 11 is 0. The van der Waals surface area contributed by atoms with E-state index in [1.165, 1.54) is 65.0 Å². The Hall–Kier alpha value is 1.95. The van der Waals surface area contributed by atoms with Crippen LogP contribution in [0, 0.1) is 29.6 Å². The van der Waals surface area contributed by atoms with Crippen molar-refractivity contribution in [3.05, 3.63) is 122 Å². The first-order valence-corrected chi connectivity index (χ1v) is 25.5. The van der Waals surface area contributed by atoms with Crippen molar-refractivity contribution in [1.82, 2.24) is 0 Å². The minimum atomic E-state index is -4.26. The topological polar surface area (TPSA) is 286 Å². The van der Waals surface area contributed by atoms with Gasteiger partial charge < -0.3 is 22.8 Å². The molecule has 5 aliphatic rings. The molecule has 10 atom stereocenters. The van der Waals surface area contributed by atoms with Gasteiger partial charge in [-0.2, -0.15) is 0 Å². The molecule has 0 fully saturated rings. The maximum absolute atomic E-state index is 10.9. The van der Waals surface area contributed by atoms with E-state index in [1.807, 2.05) is 0 Å². The molecule has 0 aliphatic heterocycles. The third-order valence-electron chi connectivity index (χ3n) is 11.9. The van der Waals surface area contributed by atoms with E-state index in [9.17, 15) is 64.9 Å². The van der Waals surface area contributed by atoms with Crippen LogP contribution in [0.1, 0.15) is 69.2 Å². The standard InChI is InChI=1S/5C8H12O3S.5Na/c5*1-7-5-3-4-6-8(7,2)12(9,10)11;;;;;/h5*3-7H,1-2H3,(H,9,10,11);;;;;/q;;;;;5*+1/p-5. The number of rotatable bonds is 5. The van der Waals surface area contributed by atoms with Crippen molar-refractivity contribution >= 4 is 50.6 Å². The molecule has 10 unspecified atom stereocenters. The normalized spacial score (nSPS) is 32.7. The molecule has 0 amide bonds. The molecule has 15 nitrogen and oxygen atoms in total. The molecule has 25 heteroatoms. The molecule has 0 radical (unpaired) electrons. The summed E-state index contributed by atoms with van der Waals surface area (Å²) < 4.78 is 157. The van der Waals surface area contributed by atoms with Gasteiger partial charge in [0.2, 0.25) is 0 Å². The van der Waals surface area contributed by atoms with Gasteiger partial charge in [0, 0.05) is 0 Å². The van der Waals surface area contributed by atoms with Gasteiger partial charge in [0.25, 0.3) is 0 Å². The molecule has 0 aromatic rings. The SMILES string of the molecule is CC1C=CC=CC1(C)S(=O)(=O)[O-].CC1C=CC=CC1(C)S(=O)(=O)[O-].CC1C=CC=CC1(C)S(=O)(=O)[O-].CC1C=CC=CC1(C)S(=O)(=O)[O-].CC1C=CC=CC1(C)S(=O)(=O)[O-].[Na+].[Na+].[Na+].[Na+].[Na+]. The predicted molar refractivity (Wildman–Crippen MR) is 228 cm³/mol. The van der Waals surface area contributed by atoms with Gasteiger partial charge in [0.15, 0.2) is 0 Å². The van der Waals surface area contributed by atoms with Crippen molar-refractivity contribution in [3.63, 3.8) is 0 Å². The molecule has 0 bridgehead atoms. The first-order valence-electron chi connectivity index (χ1n) is 18.5. The van der Waals surface area contributed by atoms with E-state index < -0.39 is 74.3 Å². The summed E-state index contributed by atoms with van der Waals surface area (Å²) in [5, 5.41) is 0. The molecular weight excluding hydrogens is 996 g/mol. The van der Waals surface area contributed by atoms with E-state index in [2.05, 4.69) is 0 Å². The Balaban J connectivity index is -0.000000226. The monoisotopic (exact) mass is 1050 g/mol. The van der Waals surface area contributed by atoms with Crippen molar-refractivity contribution in [2.24, 2.45) is 29.6 Å². The van der Waals surface area contributed by atoms with Crippen LogP contribution in [-0.2, 0) is 50.6 Å². The maximum atomic E-state index is 10.9. The summed E-state index contributed by atoms with van der Waals surface area (Å²) in [6.07, 6.45) is 32.5. The van der Waals surface area contributed by atoms with Gasteiger partial charge >= 0.3 is 148 Å². The second kappa shape index (κ2) is 29.6. The molecule has 0 saturated heterocycles. The minimum Gasteiger partial charge on any atom is -0.747 e. The van der Waals surface area contributed by atoms with Gasteiger partial charge in [-0.1, -0.05) is 156 Å². The summed E-state index contributed by atoms with van der Waals surface area (Å²) in [6, 6.07) is 0. The second-order valence-electron chi connectivity index (χ2n) is 15.9. The summed E-state index contributed by atoms with van der Waals surface area (Å²) in [5.74, 6) is -1.30. The van der Waals surface area contributed by atoms with Crippen molar-refractivity contribution in [2.45, 2.75) is 93.0 Å². The van der Waals surface area contributed by atoms with E-state index in [0.717, 1.165) is 0 Å². The Kier molecular flexibility index (Phi) is 34.6. The van der Waals surface area contributed by atoms with E-state index in [0.29, 0.717) is 0 Å². The fourth-order valence-electron chi connectivity index (χ4n) is 5.66. The van der Waals surface area contributed by atoms with Gasteiger partial charge in [-0.15, -0.1) is 0 Å². The molecule has 340 valence electrons. The van der Waals surface area contributed by atoms with E-state index in [1.54, 1.807) is 126 Å². The Bertz CT molecular complexity index is 2050. The van der Waals surface area contributed by atoms with E-state index >= 15 is 0 Å². The Labute approximate surface area is 499 Å². The molecular formula is C40H55Na5O15S5. The molecule has 0 spiro atoms. The third kappa shape index (κ3) is 19.7. The Morgan fingerprint density at radius 2 is 0.385 bits per heavy atom. The quantitative estimate of drug-likeness (QED) is 0.183. The zero-order valence-corrected chi connectivity index (χ0v) is 54.2. The van der Waals surface area contributed by atoms with Gasteiger partial charge in [0.05, 0.1) is 23.7 Å². The van der Waals surface area contributed by atoms with Gasteiger partial charge in [-0.3, -0.25) is 0 Å². The third-order valence-corrected chi connectivity index (χ3v) is 19.8. The van der Waals surface area contributed by atoms with Gasteiger partial charge in [-0.25, -0.2) is 42.1 Å². The average molecular weight is 1050 g/mol. The maximum Gasteiger partial charge on any atom is 1.00 e. The fraction of sp³-hybridized carbons (Fsp3) is 0.500. The van der Waals surface area contributed by atoms with Crippen LogP contribution in [0.5, 0.6) is 0 Å². The number of allylic oxidation sites excluding steroid dienone is 15. The zero-order chi connectivity index (χ0) is 47.0. The van der Waals surface area contributed by atoms with Gasteiger partial charge in [-0.05, 0) is 64.2 Å². The molecule has 5 aliphatic carbocycles. The largest absolute Gasteiger partial charge is 1.00 e. The summed E-state index contributed by atoms with van der Waals surface area (Å²) in [6.45, 7) is 15.8. The molecule has 0 N–H and O–H groups in total.